The van der Waals surface area contributed by atoms with Gasteiger partial charge >= 0.3 is 0 Å². The number of amides is 1. The largest absolute Gasteiger partial charge is 0.381 e. The Morgan fingerprint density at radius 2 is 1.81 bits per heavy atom. The van der Waals surface area contributed by atoms with Crippen LogP contribution in [0.2, 0.25) is 5.02 Å². The molecule has 1 amide bonds. The van der Waals surface area contributed by atoms with E-state index in [0.29, 0.717) is 5.56 Å². The first-order valence-electron chi connectivity index (χ1n) is 8.99. The van der Waals surface area contributed by atoms with Gasteiger partial charge in [0.05, 0.1) is 0 Å². The lowest BCUT2D eigenvalue weighted by molar-refractivity contribution is 0.0498. The fourth-order valence-electron chi connectivity index (χ4n) is 3.56. The highest BCUT2D eigenvalue weighted by Crippen LogP contribution is 2.38. The number of benzene rings is 2. The highest BCUT2D eigenvalue weighted by Gasteiger charge is 2.35. The number of rotatable bonds is 6. The molecule has 5 heteroatoms. The van der Waals surface area contributed by atoms with E-state index in [1.807, 2.05) is 36.4 Å². The Kier molecular flexibility index (Phi) is 6.30. The minimum Gasteiger partial charge on any atom is -0.381 e. The molecule has 0 unspecified atom stereocenters. The van der Waals surface area contributed by atoms with Crippen LogP contribution in [0.25, 0.3) is 0 Å². The highest BCUT2D eigenvalue weighted by atomic mass is 35.5. The zero-order chi connectivity index (χ0) is 18.4. The van der Waals surface area contributed by atoms with E-state index in [0.717, 1.165) is 49.7 Å². The van der Waals surface area contributed by atoms with Crippen LogP contribution in [0.3, 0.4) is 0 Å². The van der Waals surface area contributed by atoms with Crippen molar-refractivity contribution in [1.82, 2.24) is 10.6 Å². The molecule has 1 saturated heterocycles. The molecule has 2 aromatic rings. The summed E-state index contributed by atoms with van der Waals surface area (Å²) in [7, 11) is 1.64. The summed E-state index contributed by atoms with van der Waals surface area (Å²) in [5.41, 5.74) is 3.03. The van der Waals surface area contributed by atoms with Crippen LogP contribution in [0, 0.1) is 0 Å². The van der Waals surface area contributed by atoms with Crippen LogP contribution in [0.1, 0.15) is 34.3 Å². The van der Waals surface area contributed by atoms with E-state index in [1.165, 1.54) is 5.56 Å². The second-order valence-corrected chi connectivity index (χ2v) is 7.16. The van der Waals surface area contributed by atoms with E-state index in [4.69, 9.17) is 16.3 Å². The van der Waals surface area contributed by atoms with Crippen molar-refractivity contribution in [2.75, 3.05) is 26.8 Å². The minimum absolute atomic E-state index is 0.00136. The van der Waals surface area contributed by atoms with Gasteiger partial charge in [0.1, 0.15) is 0 Å². The van der Waals surface area contributed by atoms with Gasteiger partial charge in [0, 0.05) is 49.4 Å². The van der Waals surface area contributed by atoms with Gasteiger partial charge in [-0.05, 0) is 42.2 Å². The SMILES string of the molecule is CNC(=O)c1ccc(CNCC2(c3ccccc3Cl)CCOCC2)cc1. The van der Waals surface area contributed by atoms with E-state index >= 15 is 0 Å². The van der Waals surface area contributed by atoms with Crippen LogP contribution >= 0.6 is 11.6 Å². The van der Waals surface area contributed by atoms with Crippen LogP contribution < -0.4 is 10.6 Å². The number of nitrogens with one attached hydrogen (secondary N) is 2. The smallest absolute Gasteiger partial charge is 0.251 e. The third-order valence-corrected chi connectivity index (χ3v) is 5.46. The average molecular weight is 373 g/mol. The molecular weight excluding hydrogens is 348 g/mol. The van der Waals surface area contributed by atoms with Gasteiger partial charge < -0.3 is 15.4 Å². The van der Waals surface area contributed by atoms with Crippen molar-refractivity contribution < 1.29 is 9.53 Å². The lowest BCUT2D eigenvalue weighted by Gasteiger charge is -2.38. The summed E-state index contributed by atoms with van der Waals surface area (Å²) in [6, 6.07) is 15.8. The van der Waals surface area contributed by atoms with Crippen LogP contribution in [0.15, 0.2) is 48.5 Å². The topological polar surface area (TPSA) is 50.4 Å². The first-order valence-corrected chi connectivity index (χ1v) is 9.37. The van der Waals surface area contributed by atoms with E-state index in [9.17, 15) is 4.79 Å². The van der Waals surface area contributed by atoms with Crippen LogP contribution in [-0.2, 0) is 16.7 Å². The average Bonchev–Trinajstić information content (AvgIpc) is 2.69. The van der Waals surface area contributed by atoms with Crippen molar-refractivity contribution in [3.8, 4) is 0 Å². The third kappa shape index (κ3) is 4.26. The van der Waals surface area contributed by atoms with Crippen LogP contribution in [-0.4, -0.2) is 32.7 Å². The number of carbonyl (C=O) groups is 1. The second kappa shape index (κ2) is 8.67. The molecular formula is C21H25ClN2O2. The molecule has 0 spiro atoms. The molecule has 0 bridgehead atoms. The van der Waals surface area contributed by atoms with Gasteiger partial charge in [0.15, 0.2) is 0 Å². The number of ether oxygens (including phenoxy) is 1. The number of hydrogen-bond donors (Lipinski definition) is 2. The van der Waals surface area contributed by atoms with E-state index in [-0.39, 0.29) is 11.3 Å². The quantitative estimate of drug-likeness (QED) is 0.815. The minimum atomic E-state index is -0.0654. The van der Waals surface area contributed by atoms with Crippen molar-refractivity contribution in [2.24, 2.45) is 0 Å². The molecule has 3 rings (SSSR count). The second-order valence-electron chi connectivity index (χ2n) is 6.75. The molecule has 0 aliphatic carbocycles. The molecule has 2 N–H and O–H groups in total. The van der Waals surface area contributed by atoms with Crippen molar-refractivity contribution in [3.63, 3.8) is 0 Å². The monoisotopic (exact) mass is 372 g/mol. The Hall–Kier alpha value is -1.88. The first-order chi connectivity index (χ1) is 12.6. The molecule has 0 atom stereocenters. The maximum Gasteiger partial charge on any atom is 0.251 e. The van der Waals surface area contributed by atoms with Gasteiger partial charge in [-0.15, -0.1) is 0 Å². The lowest BCUT2D eigenvalue weighted by Crippen LogP contribution is -2.42. The summed E-state index contributed by atoms with van der Waals surface area (Å²) in [6.45, 7) is 3.11. The van der Waals surface area contributed by atoms with Gasteiger partial charge in [-0.3, -0.25) is 4.79 Å². The molecule has 2 aromatic carbocycles. The maximum atomic E-state index is 11.6. The summed E-state index contributed by atoms with van der Waals surface area (Å²) < 4.78 is 5.59. The summed E-state index contributed by atoms with van der Waals surface area (Å²) in [6.07, 6.45) is 1.92. The molecule has 138 valence electrons. The zero-order valence-electron chi connectivity index (χ0n) is 15.1. The molecule has 4 nitrogen and oxygen atoms in total. The van der Waals surface area contributed by atoms with Crippen LogP contribution in [0.5, 0.6) is 0 Å². The van der Waals surface area contributed by atoms with Gasteiger partial charge in [-0.2, -0.15) is 0 Å². The Labute approximate surface area is 159 Å². The molecule has 0 saturated carbocycles. The summed E-state index contributed by atoms with van der Waals surface area (Å²) in [5.74, 6) is -0.0654. The summed E-state index contributed by atoms with van der Waals surface area (Å²) >= 11 is 6.50. The van der Waals surface area contributed by atoms with Gasteiger partial charge in [0.25, 0.3) is 5.91 Å². The van der Waals surface area contributed by atoms with E-state index in [1.54, 1.807) is 7.05 Å². The maximum absolute atomic E-state index is 11.6. The molecule has 0 radical (unpaired) electrons. The molecule has 26 heavy (non-hydrogen) atoms. The van der Waals surface area contributed by atoms with Gasteiger partial charge in [-0.1, -0.05) is 41.9 Å². The first kappa shape index (κ1) is 18.9. The number of carbonyl (C=O) groups excluding carboxylic acids is 1. The molecule has 1 aliphatic heterocycles. The Morgan fingerprint density at radius 3 is 2.46 bits per heavy atom. The predicted octanol–water partition coefficient (Wildman–Crippen LogP) is 3.54. The normalized spacial score (nSPS) is 16.2. The van der Waals surface area contributed by atoms with E-state index < -0.39 is 0 Å². The Balaban J connectivity index is 1.67. The number of halogens is 1. The lowest BCUT2D eigenvalue weighted by atomic mass is 9.74. The zero-order valence-corrected chi connectivity index (χ0v) is 15.8. The molecule has 0 aromatic heterocycles. The van der Waals surface area contributed by atoms with Crippen molar-refractivity contribution >= 4 is 17.5 Å². The van der Waals surface area contributed by atoms with Crippen molar-refractivity contribution in [1.29, 1.82) is 0 Å². The highest BCUT2D eigenvalue weighted by molar-refractivity contribution is 6.31. The van der Waals surface area contributed by atoms with Crippen molar-refractivity contribution in [3.05, 3.63) is 70.2 Å². The van der Waals surface area contributed by atoms with Gasteiger partial charge in [-0.25, -0.2) is 0 Å². The Bertz CT molecular complexity index is 740. The molecule has 1 aliphatic rings. The third-order valence-electron chi connectivity index (χ3n) is 5.13. The van der Waals surface area contributed by atoms with E-state index in [2.05, 4.69) is 22.8 Å². The standard InChI is InChI=1S/C21H25ClN2O2/c1-23-20(25)17-8-6-16(7-9-17)14-24-15-21(10-12-26-13-11-21)18-4-2-3-5-19(18)22/h2-9,24H,10-15H2,1H3,(H,23,25). The van der Waals surface area contributed by atoms with Gasteiger partial charge in [0.2, 0.25) is 0 Å². The fourth-order valence-corrected chi connectivity index (χ4v) is 3.90. The Morgan fingerprint density at radius 1 is 1.12 bits per heavy atom. The van der Waals surface area contributed by atoms with Crippen LogP contribution in [0.4, 0.5) is 0 Å². The predicted molar refractivity (Wildman–Crippen MR) is 105 cm³/mol. The summed E-state index contributed by atoms with van der Waals surface area (Å²) in [4.78, 5) is 11.6. The summed E-state index contributed by atoms with van der Waals surface area (Å²) in [5, 5.41) is 7.05. The van der Waals surface area contributed by atoms with Crippen molar-refractivity contribution in [2.45, 2.75) is 24.8 Å². The fraction of sp³-hybridized carbons (Fsp3) is 0.381. The molecule has 1 heterocycles. The molecule has 1 fully saturated rings. The number of hydrogen-bond acceptors (Lipinski definition) is 3.